The molecular formula is C12H19NO2. The van der Waals surface area contributed by atoms with E-state index in [2.05, 4.69) is 12.2 Å². The van der Waals surface area contributed by atoms with E-state index in [1.807, 2.05) is 31.2 Å². The SMILES string of the molecule is COc1ccccc1NC(C)C(C)OC. The first kappa shape index (κ1) is 11.9. The van der Waals surface area contributed by atoms with Crippen LogP contribution < -0.4 is 10.1 Å². The fourth-order valence-corrected chi connectivity index (χ4v) is 1.33. The Labute approximate surface area is 91.4 Å². The average molecular weight is 209 g/mol. The van der Waals surface area contributed by atoms with E-state index in [4.69, 9.17) is 9.47 Å². The smallest absolute Gasteiger partial charge is 0.141 e. The van der Waals surface area contributed by atoms with Gasteiger partial charge in [0, 0.05) is 13.2 Å². The maximum absolute atomic E-state index is 5.26. The number of anilines is 1. The zero-order valence-corrected chi connectivity index (χ0v) is 9.78. The standard InChI is InChI=1S/C12H19NO2/c1-9(10(2)14-3)13-11-7-5-6-8-12(11)15-4/h5-10,13H,1-4H3. The molecule has 2 atom stereocenters. The van der Waals surface area contributed by atoms with Gasteiger partial charge in [0.25, 0.3) is 0 Å². The average Bonchev–Trinajstić information content (AvgIpc) is 2.28. The molecule has 1 aromatic rings. The summed E-state index contributed by atoms with van der Waals surface area (Å²) in [7, 11) is 3.38. The Morgan fingerprint density at radius 3 is 2.40 bits per heavy atom. The van der Waals surface area contributed by atoms with Crippen LogP contribution in [0.4, 0.5) is 5.69 Å². The summed E-state index contributed by atoms with van der Waals surface area (Å²) in [5, 5.41) is 3.36. The third-order valence-electron chi connectivity index (χ3n) is 2.57. The van der Waals surface area contributed by atoms with Crippen molar-refractivity contribution in [2.75, 3.05) is 19.5 Å². The van der Waals surface area contributed by atoms with Crippen LogP contribution in [0.15, 0.2) is 24.3 Å². The minimum atomic E-state index is 0.162. The van der Waals surface area contributed by atoms with Crippen LogP contribution in [-0.2, 0) is 4.74 Å². The fraction of sp³-hybridized carbons (Fsp3) is 0.500. The molecule has 0 aliphatic rings. The van der Waals surface area contributed by atoms with Gasteiger partial charge in [0.2, 0.25) is 0 Å². The van der Waals surface area contributed by atoms with Gasteiger partial charge in [-0.2, -0.15) is 0 Å². The molecule has 0 aliphatic heterocycles. The van der Waals surface area contributed by atoms with Crippen LogP contribution in [0.1, 0.15) is 13.8 Å². The number of ether oxygens (including phenoxy) is 2. The lowest BCUT2D eigenvalue weighted by atomic mass is 10.2. The van der Waals surface area contributed by atoms with E-state index in [1.165, 1.54) is 0 Å². The topological polar surface area (TPSA) is 30.5 Å². The quantitative estimate of drug-likeness (QED) is 0.808. The van der Waals surface area contributed by atoms with Gasteiger partial charge >= 0.3 is 0 Å². The van der Waals surface area contributed by atoms with Crippen LogP contribution in [0.5, 0.6) is 5.75 Å². The van der Waals surface area contributed by atoms with E-state index in [-0.39, 0.29) is 12.1 Å². The highest BCUT2D eigenvalue weighted by Crippen LogP contribution is 2.24. The van der Waals surface area contributed by atoms with Gasteiger partial charge in [-0.25, -0.2) is 0 Å². The first-order valence-electron chi connectivity index (χ1n) is 5.11. The second kappa shape index (κ2) is 5.61. The first-order chi connectivity index (χ1) is 7.19. The predicted molar refractivity (Wildman–Crippen MR) is 62.5 cm³/mol. The van der Waals surface area contributed by atoms with Crippen molar-refractivity contribution in [1.29, 1.82) is 0 Å². The van der Waals surface area contributed by atoms with Crippen LogP contribution in [-0.4, -0.2) is 26.4 Å². The van der Waals surface area contributed by atoms with Crippen molar-refractivity contribution in [3.05, 3.63) is 24.3 Å². The summed E-state index contributed by atoms with van der Waals surface area (Å²) in [6, 6.07) is 8.11. The third-order valence-corrected chi connectivity index (χ3v) is 2.57. The Morgan fingerprint density at radius 1 is 1.13 bits per heavy atom. The minimum absolute atomic E-state index is 0.162. The van der Waals surface area contributed by atoms with Gasteiger partial charge in [-0.1, -0.05) is 12.1 Å². The van der Waals surface area contributed by atoms with E-state index in [0.717, 1.165) is 11.4 Å². The van der Waals surface area contributed by atoms with Crippen molar-refractivity contribution in [2.24, 2.45) is 0 Å². The molecule has 15 heavy (non-hydrogen) atoms. The number of rotatable bonds is 5. The molecule has 0 aliphatic carbocycles. The minimum Gasteiger partial charge on any atom is -0.495 e. The maximum Gasteiger partial charge on any atom is 0.141 e. The van der Waals surface area contributed by atoms with E-state index in [0.29, 0.717) is 0 Å². The van der Waals surface area contributed by atoms with Crippen LogP contribution in [0.3, 0.4) is 0 Å². The van der Waals surface area contributed by atoms with E-state index >= 15 is 0 Å². The number of nitrogens with one attached hydrogen (secondary N) is 1. The summed E-state index contributed by atoms with van der Waals surface area (Å²) in [6.07, 6.45) is 0.162. The highest BCUT2D eigenvalue weighted by atomic mass is 16.5. The molecule has 2 unspecified atom stereocenters. The van der Waals surface area contributed by atoms with Crippen LogP contribution >= 0.6 is 0 Å². The second-order valence-corrected chi connectivity index (χ2v) is 3.57. The summed E-state index contributed by atoms with van der Waals surface area (Å²) >= 11 is 0. The van der Waals surface area contributed by atoms with Gasteiger partial charge in [0.05, 0.1) is 18.9 Å². The Kier molecular flexibility index (Phi) is 4.43. The van der Waals surface area contributed by atoms with Crippen molar-refractivity contribution in [2.45, 2.75) is 26.0 Å². The molecule has 0 bridgehead atoms. The molecule has 1 N–H and O–H groups in total. The lowest BCUT2D eigenvalue weighted by molar-refractivity contribution is 0.106. The zero-order valence-electron chi connectivity index (χ0n) is 9.78. The van der Waals surface area contributed by atoms with Crippen molar-refractivity contribution in [3.8, 4) is 5.75 Å². The molecule has 0 aromatic heterocycles. The Balaban J connectivity index is 2.71. The Bertz CT molecular complexity index is 301. The van der Waals surface area contributed by atoms with Gasteiger partial charge in [-0.05, 0) is 26.0 Å². The number of hydrogen-bond donors (Lipinski definition) is 1. The largest absolute Gasteiger partial charge is 0.495 e. The lowest BCUT2D eigenvalue weighted by Crippen LogP contribution is -2.29. The first-order valence-corrected chi connectivity index (χ1v) is 5.11. The Morgan fingerprint density at radius 2 is 1.80 bits per heavy atom. The Hall–Kier alpha value is -1.22. The molecule has 1 aromatic carbocycles. The fourth-order valence-electron chi connectivity index (χ4n) is 1.33. The zero-order chi connectivity index (χ0) is 11.3. The monoisotopic (exact) mass is 209 g/mol. The summed E-state index contributed by atoms with van der Waals surface area (Å²) < 4.78 is 10.5. The van der Waals surface area contributed by atoms with Crippen LogP contribution in [0, 0.1) is 0 Å². The third kappa shape index (κ3) is 3.13. The van der Waals surface area contributed by atoms with E-state index in [1.54, 1.807) is 14.2 Å². The summed E-state index contributed by atoms with van der Waals surface area (Å²) in [5.41, 5.74) is 0.997. The molecule has 0 amide bonds. The summed E-state index contributed by atoms with van der Waals surface area (Å²) in [6.45, 7) is 4.12. The molecule has 3 nitrogen and oxygen atoms in total. The van der Waals surface area contributed by atoms with Gasteiger partial charge in [0.15, 0.2) is 0 Å². The number of benzene rings is 1. The van der Waals surface area contributed by atoms with Crippen LogP contribution in [0.25, 0.3) is 0 Å². The molecule has 3 heteroatoms. The van der Waals surface area contributed by atoms with Crippen molar-refractivity contribution in [1.82, 2.24) is 0 Å². The normalized spacial score (nSPS) is 14.4. The maximum atomic E-state index is 5.26. The molecule has 1 rings (SSSR count). The van der Waals surface area contributed by atoms with Crippen molar-refractivity contribution >= 4 is 5.69 Å². The lowest BCUT2D eigenvalue weighted by Gasteiger charge is -2.22. The van der Waals surface area contributed by atoms with Crippen molar-refractivity contribution < 1.29 is 9.47 Å². The van der Waals surface area contributed by atoms with Crippen LogP contribution in [0.2, 0.25) is 0 Å². The molecule has 0 fully saturated rings. The molecule has 0 saturated heterocycles. The predicted octanol–water partition coefficient (Wildman–Crippen LogP) is 2.53. The summed E-state index contributed by atoms with van der Waals surface area (Å²) in [5.74, 6) is 0.854. The van der Waals surface area contributed by atoms with Gasteiger partial charge in [-0.3, -0.25) is 0 Å². The molecule has 0 spiro atoms. The van der Waals surface area contributed by atoms with Gasteiger partial charge < -0.3 is 14.8 Å². The number of para-hydroxylation sites is 2. The molecule has 0 heterocycles. The number of methoxy groups -OCH3 is 2. The highest BCUT2D eigenvalue weighted by molar-refractivity contribution is 5.56. The van der Waals surface area contributed by atoms with Crippen molar-refractivity contribution in [3.63, 3.8) is 0 Å². The van der Waals surface area contributed by atoms with E-state index in [9.17, 15) is 0 Å². The molecule has 0 radical (unpaired) electrons. The van der Waals surface area contributed by atoms with Gasteiger partial charge in [-0.15, -0.1) is 0 Å². The second-order valence-electron chi connectivity index (χ2n) is 3.57. The summed E-state index contributed by atoms with van der Waals surface area (Å²) in [4.78, 5) is 0. The molecular weight excluding hydrogens is 190 g/mol. The highest BCUT2D eigenvalue weighted by Gasteiger charge is 2.12. The van der Waals surface area contributed by atoms with E-state index < -0.39 is 0 Å². The van der Waals surface area contributed by atoms with Gasteiger partial charge in [0.1, 0.15) is 5.75 Å². The molecule has 0 saturated carbocycles. The number of hydrogen-bond acceptors (Lipinski definition) is 3. The molecule has 84 valence electrons.